The van der Waals surface area contributed by atoms with Gasteiger partial charge in [0.15, 0.2) is 9.84 Å². The standard InChI is InChI=1S/C9H15NO5S2/c1-6(11)10-8(9(12)13)4-16-7-2-3-17(14,15)5-7/h7-8H,2-5H2,1H3,(H,10,11)(H,12,13). The predicted octanol–water partition coefficient (Wildman–Crippen LogP) is -0.504. The van der Waals surface area contributed by atoms with E-state index in [0.717, 1.165) is 0 Å². The first-order valence-electron chi connectivity index (χ1n) is 5.12. The number of hydrogen-bond acceptors (Lipinski definition) is 5. The molecule has 1 aliphatic rings. The van der Waals surface area contributed by atoms with Gasteiger partial charge in [0, 0.05) is 17.9 Å². The molecular weight excluding hydrogens is 266 g/mol. The van der Waals surface area contributed by atoms with E-state index in [4.69, 9.17) is 5.11 Å². The first-order valence-corrected chi connectivity index (χ1v) is 7.99. The normalized spacial score (nSPS) is 24.2. The second-order valence-electron chi connectivity index (χ2n) is 3.95. The summed E-state index contributed by atoms with van der Waals surface area (Å²) < 4.78 is 22.4. The molecule has 0 aliphatic carbocycles. The van der Waals surface area contributed by atoms with E-state index >= 15 is 0 Å². The van der Waals surface area contributed by atoms with Crippen LogP contribution in [0.1, 0.15) is 13.3 Å². The van der Waals surface area contributed by atoms with Crippen molar-refractivity contribution in [2.75, 3.05) is 17.3 Å². The summed E-state index contributed by atoms with van der Waals surface area (Å²) in [7, 11) is -2.94. The molecule has 1 heterocycles. The summed E-state index contributed by atoms with van der Waals surface area (Å²) in [6.45, 7) is 1.25. The fraction of sp³-hybridized carbons (Fsp3) is 0.778. The number of carboxylic acid groups (broad SMARTS) is 1. The van der Waals surface area contributed by atoms with Crippen molar-refractivity contribution in [3.05, 3.63) is 0 Å². The third kappa shape index (κ3) is 4.95. The van der Waals surface area contributed by atoms with Crippen molar-refractivity contribution < 1.29 is 23.1 Å². The van der Waals surface area contributed by atoms with Crippen LogP contribution in [-0.4, -0.2) is 54.0 Å². The number of sulfone groups is 1. The Labute approximate surface area is 104 Å². The maximum absolute atomic E-state index is 11.2. The first-order chi connectivity index (χ1) is 7.80. The lowest BCUT2D eigenvalue weighted by Crippen LogP contribution is -2.41. The molecule has 0 radical (unpaired) electrons. The summed E-state index contributed by atoms with van der Waals surface area (Å²) >= 11 is 1.29. The van der Waals surface area contributed by atoms with E-state index in [9.17, 15) is 18.0 Å². The molecule has 0 bridgehead atoms. The summed E-state index contributed by atoms with van der Waals surface area (Å²) in [6, 6.07) is -0.958. The zero-order chi connectivity index (χ0) is 13.1. The molecule has 98 valence electrons. The van der Waals surface area contributed by atoms with Gasteiger partial charge < -0.3 is 10.4 Å². The van der Waals surface area contributed by atoms with Crippen LogP contribution in [0.2, 0.25) is 0 Å². The molecule has 0 aromatic rings. The first kappa shape index (κ1) is 14.3. The number of amides is 1. The summed E-state index contributed by atoms with van der Waals surface area (Å²) in [5.74, 6) is -1.05. The van der Waals surface area contributed by atoms with Gasteiger partial charge >= 0.3 is 5.97 Å². The van der Waals surface area contributed by atoms with E-state index < -0.39 is 27.8 Å². The Hall–Kier alpha value is -0.760. The summed E-state index contributed by atoms with van der Waals surface area (Å²) in [5, 5.41) is 11.1. The lowest BCUT2D eigenvalue weighted by molar-refractivity contribution is -0.140. The minimum atomic E-state index is -2.94. The average molecular weight is 281 g/mol. The van der Waals surface area contributed by atoms with Crippen molar-refractivity contribution in [2.24, 2.45) is 0 Å². The number of carbonyl (C=O) groups excluding carboxylic acids is 1. The molecule has 2 unspecified atom stereocenters. The molecule has 1 fully saturated rings. The smallest absolute Gasteiger partial charge is 0.327 e. The van der Waals surface area contributed by atoms with E-state index in [0.29, 0.717) is 6.42 Å². The van der Waals surface area contributed by atoms with Gasteiger partial charge in [0.1, 0.15) is 6.04 Å². The van der Waals surface area contributed by atoms with Crippen molar-refractivity contribution >= 4 is 33.5 Å². The molecule has 0 aromatic carbocycles. The molecule has 0 aromatic heterocycles. The molecule has 2 atom stereocenters. The quantitative estimate of drug-likeness (QED) is 0.704. The predicted molar refractivity (Wildman–Crippen MR) is 64.8 cm³/mol. The van der Waals surface area contributed by atoms with Crippen molar-refractivity contribution in [1.82, 2.24) is 5.32 Å². The molecule has 1 saturated heterocycles. The highest BCUT2D eigenvalue weighted by Crippen LogP contribution is 2.24. The largest absolute Gasteiger partial charge is 0.480 e. The van der Waals surface area contributed by atoms with Gasteiger partial charge in [-0.3, -0.25) is 4.79 Å². The Bertz CT molecular complexity index is 406. The molecular formula is C9H15NO5S2. The van der Waals surface area contributed by atoms with Gasteiger partial charge in [0.2, 0.25) is 5.91 Å². The molecule has 1 rings (SSSR count). The molecule has 2 N–H and O–H groups in total. The van der Waals surface area contributed by atoms with Gasteiger partial charge in [0.05, 0.1) is 11.5 Å². The van der Waals surface area contributed by atoms with Crippen molar-refractivity contribution in [3.63, 3.8) is 0 Å². The zero-order valence-corrected chi connectivity index (χ0v) is 11.0. The lowest BCUT2D eigenvalue weighted by Gasteiger charge is -2.14. The monoisotopic (exact) mass is 281 g/mol. The SMILES string of the molecule is CC(=O)NC(CSC1CCS(=O)(=O)C1)C(=O)O. The third-order valence-corrected chi connectivity index (χ3v) is 5.74. The van der Waals surface area contributed by atoms with Crippen LogP contribution in [0.3, 0.4) is 0 Å². The molecule has 6 nitrogen and oxygen atoms in total. The topological polar surface area (TPSA) is 101 Å². The number of thioether (sulfide) groups is 1. The minimum Gasteiger partial charge on any atom is -0.480 e. The van der Waals surface area contributed by atoms with E-state index in [-0.39, 0.29) is 22.5 Å². The number of rotatable bonds is 5. The summed E-state index contributed by atoms with van der Waals surface area (Å²) in [6.07, 6.45) is 0.555. The summed E-state index contributed by atoms with van der Waals surface area (Å²) in [5.41, 5.74) is 0. The Balaban J connectivity index is 2.42. The number of aliphatic carboxylic acids is 1. The van der Waals surface area contributed by atoms with Crippen molar-refractivity contribution in [3.8, 4) is 0 Å². The van der Waals surface area contributed by atoms with Crippen LogP contribution in [-0.2, 0) is 19.4 Å². The Morgan fingerprint density at radius 3 is 2.59 bits per heavy atom. The van der Waals surface area contributed by atoms with Crippen LogP contribution < -0.4 is 5.32 Å². The number of nitrogens with one attached hydrogen (secondary N) is 1. The van der Waals surface area contributed by atoms with E-state index in [1.54, 1.807) is 0 Å². The van der Waals surface area contributed by atoms with Gasteiger partial charge in [-0.05, 0) is 6.42 Å². The van der Waals surface area contributed by atoms with E-state index in [1.807, 2.05) is 0 Å². The minimum absolute atomic E-state index is 0.0596. The Morgan fingerprint density at radius 1 is 1.53 bits per heavy atom. The van der Waals surface area contributed by atoms with Crippen LogP contribution in [0.15, 0.2) is 0 Å². The van der Waals surface area contributed by atoms with Crippen LogP contribution in [0, 0.1) is 0 Å². The van der Waals surface area contributed by atoms with E-state index in [1.165, 1.54) is 18.7 Å². The van der Waals surface area contributed by atoms with Crippen LogP contribution in [0.25, 0.3) is 0 Å². The second kappa shape index (κ2) is 5.72. The zero-order valence-electron chi connectivity index (χ0n) is 9.38. The third-order valence-electron chi connectivity index (χ3n) is 2.36. The molecule has 1 amide bonds. The Kier molecular flexibility index (Phi) is 4.81. The van der Waals surface area contributed by atoms with Crippen molar-refractivity contribution in [1.29, 1.82) is 0 Å². The van der Waals surface area contributed by atoms with Crippen LogP contribution in [0.4, 0.5) is 0 Å². The average Bonchev–Trinajstić information content (AvgIpc) is 2.52. The van der Waals surface area contributed by atoms with Gasteiger partial charge in [-0.1, -0.05) is 0 Å². The molecule has 1 aliphatic heterocycles. The molecule has 8 heteroatoms. The maximum Gasteiger partial charge on any atom is 0.327 e. The number of carbonyl (C=O) groups is 2. The molecule has 17 heavy (non-hydrogen) atoms. The summed E-state index contributed by atoms with van der Waals surface area (Å²) in [4.78, 5) is 21.6. The number of carboxylic acids is 1. The van der Waals surface area contributed by atoms with Gasteiger partial charge in [-0.2, -0.15) is 11.8 Å². The fourth-order valence-corrected chi connectivity index (χ4v) is 5.22. The second-order valence-corrected chi connectivity index (χ2v) is 7.51. The van der Waals surface area contributed by atoms with E-state index in [2.05, 4.69) is 5.32 Å². The van der Waals surface area contributed by atoms with Crippen molar-refractivity contribution in [2.45, 2.75) is 24.6 Å². The Morgan fingerprint density at radius 2 is 2.18 bits per heavy atom. The lowest BCUT2D eigenvalue weighted by atomic mass is 10.3. The van der Waals surface area contributed by atoms with Crippen LogP contribution >= 0.6 is 11.8 Å². The number of hydrogen-bond donors (Lipinski definition) is 2. The maximum atomic E-state index is 11.2. The van der Waals surface area contributed by atoms with Gasteiger partial charge in [0.25, 0.3) is 0 Å². The van der Waals surface area contributed by atoms with Gasteiger partial charge in [-0.25, -0.2) is 13.2 Å². The van der Waals surface area contributed by atoms with Gasteiger partial charge in [-0.15, -0.1) is 0 Å². The fourth-order valence-electron chi connectivity index (χ4n) is 1.54. The molecule has 0 saturated carbocycles. The molecule has 0 spiro atoms. The highest BCUT2D eigenvalue weighted by atomic mass is 32.2. The van der Waals surface area contributed by atoms with Crippen LogP contribution in [0.5, 0.6) is 0 Å². The highest BCUT2D eigenvalue weighted by molar-refractivity contribution is 8.01. The highest BCUT2D eigenvalue weighted by Gasteiger charge is 2.29.